The summed E-state index contributed by atoms with van der Waals surface area (Å²) in [5, 5.41) is 0. The summed E-state index contributed by atoms with van der Waals surface area (Å²) >= 11 is 0. The van der Waals surface area contributed by atoms with E-state index in [0.29, 0.717) is 44.4 Å². The number of aryl methyl sites for hydroxylation is 1. The zero-order chi connectivity index (χ0) is 25.0. The molecule has 5 heteroatoms. The number of morpholine rings is 1. The summed E-state index contributed by atoms with van der Waals surface area (Å²) < 4.78 is 10.5. The van der Waals surface area contributed by atoms with E-state index in [4.69, 9.17) is 9.47 Å². The number of nitrogens with zero attached hydrogens (tertiary/aromatic N) is 1. The Morgan fingerprint density at radius 3 is 2.00 bits per heavy atom. The van der Waals surface area contributed by atoms with Crippen molar-refractivity contribution in [2.24, 2.45) is 0 Å². The molecule has 3 aromatic carbocycles. The summed E-state index contributed by atoms with van der Waals surface area (Å²) in [6, 6.07) is 25.1. The Bertz CT molecular complexity index is 1050. The van der Waals surface area contributed by atoms with E-state index >= 15 is 0 Å². The van der Waals surface area contributed by atoms with Crippen LogP contribution in [0.15, 0.2) is 78.9 Å². The molecule has 4 rings (SSSR count). The molecule has 184 valence electrons. The third kappa shape index (κ3) is 8.08. The largest absolute Gasteiger partial charge is 0.457 e. The number of benzene rings is 3. The summed E-state index contributed by atoms with van der Waals surface area (Å²) in [5.74, 6) is 0.340. The van der Waals surface area contributed by atoms with Crippen molar-refractivity contribution in [3.05, 3.63) is 107 Å². The van der Waals surface area contributed by atoms with Crippen molar-refractivity contribution in [3.8, 4) is 0 Å². The molecular weight excluding hydrogens is 438 g/mol. The van der Waals surface area contributed by atoms with Crippen molar-refractivity contribution in [2.75, 3.05) is 26.3 Å². The van der Waals surface area contributed by atoms with Crippen LogP contribution in [0.2, 0.25) is 0 Å². The molecule has 0 unspecified atom stereocenters. The number of esters is 1. The quantitative estimate of drug-likeness (QED) is 0.419. The lowest BCUT2D eigenvalue weighted by Crippen LogP contribution is -2.40. The maximum absolute atomic E-state index is 12.2. The van der Waals surface area contributed by atoms with Gasteiger partial charge in [-0.2, -0.15) is 0 Å². The fourth-order valence-corrected chi connectivity index (χ4v) is 3.64. The van der Waals surface area contributed by atoms with E-state index in [-0.39, 0.29) is 11.9 Å². The highest BCUT2D eigenvalue weighted by Gasteiger charge is 2.18. The molecule has 1 aliphatic rings. The lowest BCUT2D eigenvalue weighted by Gasteiger charge is -2.26. The summed E-state index contributed by atoms with van der Waals surface area (Å²) in [5.41, 5.74) is 4.86. The van der Waals surface area contributed by atoms with Crippen molar-refractivity contribution in [1.29, 1.82) is 0 Å². The van der Waals surface area contributed by atoms with Crippen molar-refractivity contribution >= 4 is 11.9 Å². The second-order valence-corrected chi connectivity index (χ2v) is 8.79. The highest BCUT2D eigenvalue weighted by Crippen LogP contribution is 2.16. The Labute approximate surface area is 208 Å². The first-order valence-corrected chi connectivity index (χ1v) is 12.2. The normalized spacial score (nSPS) is 13.1. The number of carbonyl (C=O) groups excluding carboxylic acids is 2. The summed E-state index contributed by atoms with van der Waals surface area (Å²) in [4.78, 5) is 25.8. The van der Waals surface area contributed by atoms with E-state index in [1.165, 1.54) is 11.1 Å². The number of rotatable bonds is 6. The third-order valence-electron chi connectivity index (χ3n) is 5.93. The molecule has 1 amide bonds. The number of hydrogen-bond donors (Lipinski definition) is 0. The van der Waals surface area contributed by atoms with E-state index < -0.39 is 0 Å². The zero-order valence-electron chi connectivity index (χ0n) is 20.9. The fourth-order valence-electron chi connectivity index (χ4n) is 3.64. The summed E-state index contributed by atoms with van der Waals surface area (Å²) in [6.45, 7) is 9.40. The molecule has 0 spiro atoms. The smallest absolute Gasteiger partial charge is 0.338 e. The molecule has 1 heterocycles. The second kappa shape index (κ2) is 13.4. The van der Waals surface area contributed by atoms with Crippen LogP contribution in [0.4, 0.5) is 0 Å². The zero-order valence-corrected chi connectivity index (χ0v) is 20.9. The van der Waals surface area contributed by atoms with Crippen LogP contribution in [0.25, 0.3) is 0 Å². The molecular formula is C30H35NO4. The fraction of sp³-hybridized carbons (Fsp3) is 0.333. The molecule has 0 bridgehead atoms. The van der Waals surface area contributed by atoms with Crippen molar-refractivity contribution in [3.63, 3.8) is 0 Å². The third-order valence-corrected chi connectivity index (χ3v) is 5.93. The van der Waals surface area contributed by atoms with Gasteiger partial charge in [-0.15, -0.1) is 0 Å². The minimum absolute atomic E-state index is 0.114. The molecule has 3 aromatic rings. The molecule has 0 N–H and O–H groups in total. The predicted molar refractivity (Wildman–Crippen MR) is 139 cm³/mol. The summed E-state index contributed by atoms with van der Waals surface area (Å²) in [6.07, 6.45) is 0.972. The molecule has 1 aliphatic heterocycles. The Kier molecular flexibility index (Phi) is 10.1. The first kappa shape index (κ1) is 26.2. The Morgan fingerprint density at radius 1 is 0.829 bits per heavy atom. The topological polar surface area (TPSA) is 55.8 Å². The summed E-state index contributed by atoms with van der Waals surface area (Å²) in [7, 11) is 0. The van der Waals surface area contributed by atoms with E-state index in [1.54, 1.807) is 0 Å². The van der Waals surface area contributed by atoms with Gasteiger partial charge in [0.1, 0.15) is 6.61 Å². The van der Waals surface area contributed by atoms with Gasteiger partial charge in [0, 0.05) is 18.7 Å². The molecule has 0 aliphatic carbocycles. The molecule has 0 radical (unpaired) electrons. The van der Waals surface area contributed by atoms with Crippen LogP contribution >= 0.6 is 0 Å². The minimum atomic E-state index is -0.276. The van der Waals surface area contributed by atoms with Crippen LogP contribution < -0.4 is 0 Å². The monoisotopic (exact) mass is 473 g/mol. The van der Waals surface area contributed by atoms with Crippen LogP contribution in [0.3, 0.4) is 0 Å². The van der Waals surface area contributed by atoms with Crippen LogP contribution in [-0.2, 0) is 22.5 Å². The van der Waals surface area contributed by atoms with Gasteiger partial charge in [-0.25, -0.2) is 4.79 Å². The van der Waals surface area contributed by atoms with Crippen molar-refractivity contribution in [2.45, 2.75) is 39.7 Å². The van der Waals surface area contributed by atoms with Crippen LogP contribution in [-0.4, -0.2) is 43.1 Å². The van der Waals surface area contributed by atoms with Crippen molar-refractivity contribution in [1.82, 2.24) is 4.90 Å². The average Bonchev–Trinajstić information content (AvgIpc) is 2.93. The average molecular weight is 474 g/mol. The van der Waals surface area contributed by atoms with Gasteiger partial charge < -0.3 is 14.4 Å². The van der Waals surface area contributed by atoms with Gasteiger partial charge in [0.15, 0.2) is 0 Å². The van der Waals surface area contributed by atoms with E-state index in [2.05, 4.69) is 20.8 Å². The van der Waals surface area contributed by atoms with Crippen LogP contribution in [0.1, 0.15) is 64.1 Å². The van der Waals surface area contributed by atoms with Gasteiger partial charge in [-0.05, 0) is 53.3 Å². The van der Waals surface area contributed by atoms with Gasteiger partial charge in [-0.1, -0.05) is 75.4 Å². The highest BCUT2D eigenvalue weighted by atomic mass is 16.5. The van der Waals surface area contributed by atoms with E-state index in [0.717, 1.165) is 17.5 Å². The van der Waals surface area contributed by atoms with Gasteiger partial charge in [0.25, 0.3) is 5.91 Å². The number of carbonyl (C=O) groups is 2. The van der Waals surface area contributed by atoms with Gasteiger partial charge in [0.2, 0.25) is 0 Å². The van der Waals surface area contributed by atoms with Crippen molar-refractivity contribution < 1.29 is 19.1 Å². The SMILES string of the molecule is CC(C)c1ccc(C(=O)N2CCOCC2)cc1.CCc1ccc(C(=O)OCc2ccccc2)cc1. The van der Waals surface area contributed by atoms with E-state index in [9.17, 15) is 9.59 Å². The second-order valence-electron chi connectivity index (χ2n) is 8.79. The molecule has 5 nitrogen and oxygen atoms in total. The molecule has 0 saturated carbocycles. The maximum atomic E-state index is 12.2. The van der Waals surface area contributed by atoms with E-state index in [1.807, 2.05) is 83.8 Å². The predicted octanol–water partition coefficient (Wildman–Crippen LogP) is 5.89. The van der Waals surface area contributed by atoms with Gasteiger partial charge >= 0.3 is 5.97 Å². The molecule has 1 saturated heterocycles. The lowest BCUT2D eigenvalue weighted by molar-refractivity contribution is 0.0303. The molecule has 0 atom stereocenters. The lowest BCUT2D eigenvalue weighted by atomic mass is 10.0. The maximum Gasteiger partial charge on any atom is 0.338 e. The van der Waals surface area contributed by atoms with Crippen LogP contribution in [0.5, 0.6) is 0 Å². The minimum Gasteiger partial charge on any atom is -0.457 e. The number of ether oxygens (including phenoxy) is 2. The highest BCUT2D eigenvalue weighted by molar-refractivity contribution is 5.94. The first-order chi connectivity index (χ1) is 17.0. The molecule has 35 heavy (non-hydrogen) atoms. The molecule has 0 aromatic heterocycles. The first-order valence-electron chi connectivity index (χ1n) is 12.2. The Morgan fingerprint density at radius 2 is 1.43 bits per heavy atom. The van der Waals surface area contributed by atoms with Gasteiger partial charge in [-0.3, -0.25) is 4.79 Å². The Hall–Kier alpha value is -3.44. The number of amides is 1. The van der Waals surface area contributed by atoms with Gasteiger partial charge in [0.05, 0.1) is 18.8 Å². The number of hydrogen-bond acceptors (Lipinski definition) is 4. The Balaban J connectivity index is 0.000000196. The van der Waals surface area contributed by atoms with Crippen LogP contribution in [0, 0.1) is 0 Å². The molecule has 1 fully saturated rings. The standard InChI is InChI=1S/C16H16O2.C14H19NO2/c1-2-13-8-10-15(11-9-13)16(17)18-12-14-6-4-3-5-7-14;1-11(2)12-3-5-13(6-4-12)14(16)15-7-9-17-10-8-15/h3-11H,2,12H2,1H3;3-6,11H,7-10H2,1-2H3.